The molecule has 0 saturated carbocycles. The first kappa shape index (κ1) is 9.36. The zero-order chi connectivity index (χ0) is 10.1. The normalized spacial score (nSPS) is 10.7. The molecule has 0 bridgehead atoms. The van der Waals surface area contributed by atoms with E-state index < -0.39 is 0 Å². The van der Waals surface area contributed by atoms with Crippen LogP contribution in [0.25, 0.3) is 5.52 Å². The smallest absolute Gasteiger partial charge is 0.170 e. The van der Waals surface area contributed by atoms with Crippen molar-refractivity contribution in [1.82, 2.24) is 9.38 Å². The molecule has 0 amide bonds. The van der Waals surface area contributed by atoms with Crippen LogP contribution in [0.4, 0.5) is 0 Å². The predicted octanol–water partition coefficient (Wildman–Crippen LogP) is 1.37. The van der Waals surface area contributed by atoms with E-state index in [0.29, 0.717) is 18.1 Å². The first-order valence-corrected chi connectivity index (χ1v) is 4.87. The molecule has 2 rings (SSSR count). The summed E-state index contributed by atoms with van der Waals surface area (Å²) in [6.45, 7) is 0.311. The van der Waals surface area contributed by atoms with Crippen molar-refractivity contribution in [3.05, 3.63) is 34.3 Å². The molecule has 14 heavy (non-hydrogen) atoms. The summed E-state index contributed by atoms with van der Waals surface area (Å²) in [4.78, 5) is 14.8. The van der Waals surface area contributed by atoms with Gasteiger partial charge in [-0.3, -0.25) is 4.79 Å². The van der Waals surface area contributed by atoms with Gasteiger partial charge in [0.05, 0.1) is 12.1 Å². The maximum Gasteiger partial charge on any atom is 0.170 e. The van der Waals surface area contributed by atoms with E-state index in [0.717, 1.165) is 16.3 Å². The number of nitrogens with zero attached hydrogens (tertiary/aromatic N) is 2. The summed E-state index contributed by atoms with van der Waals surface area (Å²) in [5.41, 5.74) is 6.73. The number of carbonyl (C=O) groups excluding carboxylic acids is 1. The highest BCUT2D eigenvalue weighted by molar-refractivity contribution is 9.10. The Morgan fingerprint density at radius 1 is 1.57 bits per heavy atom. The Labute approximate surface area is 88.9 Å². The summed E-state index contributed by atoms with van der Waals surface area (Å²) in [7, 11) is 0. The second kappa shape index (κ2) is 3.51. The Kier molecular flexibility index (Phi) is 2.35. The van der Waals surface area contributed by atoms with Crippen LogP contribution >= 0.6 is 15.9 Å². The number of halogens is 1. The molecule has 0 radical (unpaired) electrons. The van der Waals surface area contributed by atoms with E-state index in [1.54, 1.807) is 0 Å². The molecular formula is C9H8BrN3O. The largest absolute Gasteiger partial charge is 0.324 e. The number of hydrogen-bond donors (Lipinski definition) is 1. The fraction of sp³-hybridized carbons (Fsp3) is 0.111. The van der Waals surface area contributed by atoms with Gasteiger partial charge in [0.1, 0.15) is 11.5 Å². The number of fused-ring (bicyclic) bond motifs is 1. The number of rotatable bonds is 2. The van der Waals surface area contributed by atoms with Gasteiger partial charge in [0.2, 0.25) is 0 Å². The quantitative estimate of drug-likeness (QED) is 0.823. The number of aromatic nitrogens is 2. The summed E-state index contributed by atoms with van der Waals surface area (Å²) < 4.78 is 2.74. The van der Waals surface area contributed by atoms with Gasteiger partial charge in [-0.2, -0.15) is 0 Å². The zero-order valence-corrected chi connectivity index (χ0v) is 8.86. The fourth-order valence-electron chi connectivity index (χ4n) is 1.38. The highest BCUT2D eigenvalue weighted by Crippen LogP contribution is 2.16. The lowest BCUT2D eigenvalue weighted by Gasteiger charge is -1.98. The van der Waals surface area contributed by atoms with Gasteiger partial charge in [0.25, 0.3) is 0 Å². The number of carbonyl (C=O) groups is 1. The Bertz CT molecular complexity index is 492. The second-order valence-electron chi connectivity index (χ2n) is 2.84. The highest BCUT2D eigenvalue weighted by atomic mass is 79.9. The van der Waals surface area contributed by atoms with Crippen molar-refractivity contribution in [2.24, 2.45) is 5.73 Å². The van der Waals surface area contributed by atoms with Gasteiger partial charge in [-0.05, 0) is 28.1 Å². The summed E-state index contributed by atoms with van der Waals surface area (Å²) in [6, 6.07) is 3.70. The lowest BCUT2D eigenvalue weighted by molar-refractivity contribution is 0.112. The molecule has 0 unspecified atom stereocenters. The van der Waals surface area contributed by atoms with Crippen molar-refractivity contribution in [2.75, 3.05) is 0 Å². The number of nitrogens with two attached hydrogens (primary N) is 1. The second-order valence-corrected chi connectivity index (χ2v) is 3.75. The molecule has 0 saturated heterocycles. The average molecular weight is 254 g/mol. The first-order valence-electron chi connectivity index (χ1n) is 4.08. The topological polar surface area (TPSA) is 60.4 Å². The number of hydrogen-bond acceptors (Lipinski definition) is 3. The summed E-state index contributed by atoms with van der Waals surface area (Å²) >= 11 is 3.35. The van der Waals surface area contributed by atoms with E-state index in [1.165, 1.54) is 0 Å². The molecule has 0 atom stereocenters. The van der Waals surface area contributed by atoms with Gasteiger partial charge in [-0.25, -0.2) is 4.98 Å². The molecule has 2 N–H and O–H groups in total. The van der Waals surface area contributed by atoms with Gasteiger partial charge in [-0.1, -0.05) is 0 Å². The minimum absolute atomic E-state index is 0.311. The molecule has 0 spiro atoms. The van der Waals surface area contributed by atoms with E-state index in [1.807, 2.05) is 22.7 Å². The van der Waals surface area contributed by atoms with Crippen molar-refractivity contribution in [2.45, 2.75) is 6.54 Å². The molecule has 4 nitrogen and oxygen atoms in total. The van der Waals surface area contributed by atoms with E-state index in [2.05, 4.69) is 20.9 Å². The molecule has 5 heteroatoms. The van der Waals surface area contributed by atoms with Crippen LogP contribution in [0.5, 0.6) is 0 Å². The van der Waals surface area contributed by atoms with E-state index in [-0.39, 0.29) is 0 Å². The Morgan fingerprint density at radius 2 is 2.36 bits per heavy atom. The molecule has 72 valence electrons. The van der Waals surface area contributed by atoms with Crippen LogP contribution in [-0.4, -0.2) is 15.7 Å². The SMILES string of the molecule is NCc1nc(C=O)c2ccc(Br)cn12. The van der Waals surface area contributed by atoms with Crippen molar-refractivity contribution in [3.8, 4) is 0 Å². The van der Waals surface area contributed by atoms with Crippen LogP contribution in [0.1, 0.15) is 16.3 Å². The predicted molar refractivity (Wildman–Crippen MR) is 56.2 cm³/mol. The van der Waals surface area contributed by atoms with Crippen LogP contribution in [0, 0.1) is 0 Å². The summed E-state index contributed by atoms with van der Waals surface area (Å²) in [5.74, 6) is 0.684. The van der Waals surface area contributed by atoms with E-state index >= 15 is 0 Å². The lowest BCUT2D eigenvalue weighted by Crippen LogP contribution is -2.02. The van der Waals surface area contributed by atoms with Gasteiger partial charge >= 0.3 is 0 Å². The maximum atomic E-state index is 10.7. The molecule has 0 aliphatic rings. The summed E-state index contributed by atoms with van der Waals surface area (Å²) in [5, 5.41) is 0. The third kappa shape index (κ3) is 1.34. The Balaban J connectivity index is 2.82. The van der Waals surface area contributed by atoms with Crippen LogP contribution in [0.2, 0.25) is 0 Å². The zero-order valence-electron chi connectivity index (χ0n) is 7.27. The van der Waals surface area contributed by atoms with E-state index in [9.17, 15) is 4.79 Å². The highest BCUT2D eigenvalue weighted by Gasteiger charge is 2.08. The van der Waals surface area contributed by atoms with Crippen molar-refractivity contribution in [3.63, 3.8) is 0 Å². The molecule has 2 heterocycles. The molecule has 2 aromatic rings. The molecule has 0 aromatic carbocycles. The molecule has 0 fully saturated rings. The monoisotopic (exact) mass is 253 g/mol. The van der Waals surface area contributed by atoms with Gasteiger partial charge < -0.3 is 10.1 Å². The third-order valence-electron chi connectivity index (χ3n) is 2.00. The van der Waals surface area contributed by atoms with Crippen LogP contribution < -0.4 is 5.73 Å². The number of pyridine rings is 1. The minimum Gasteiger partial charge on any atom is -0.324 e. The minimum atomic E-state index is 0.311. The Morgan fingerprint density at radius 3 is 3.00 bits per heavy atom. The molecular weight excluding hydrogens is 246 g/mol. The first-order chi connectivity index (χ1) is 6.76. The van der Waals surface area contributed by atoms with Crippen molar-refractivity contribution in [1.29, 1.82) is 0 Å². The number of imidazole rings is 1. The third-order valence-corrected chi connectivity index (χ3v) is 2.47. The molecule has 2 aromatic heterocycles. The van der Waals surface area contributed by atoms with Crippen molar-refractivity contribution < 1.29 is 4.79 Å². The van der Waals surface area contributed by atoms with Gasteiger partial charge in [0.15, 0.2) is 6.29 Å². The number of aldehydes is 1. The van der Waals surface area contributed by atoms with Gasteiger partial charge in [0, 0.05) is 10.7 Å². The maximum absolute atomic E-state index is 10.7. The summed E-state index contributed by atoms with van der Waals surface area (Å²) in [6.07, 6.45) is 2.58. The van der Waals surface area contributed by atoms with Crippen molar-refractivity contribution >= 4 is 27.7 Å². The molecule has 0 aliphatic carbocycles. The van der Waals surface area contributed by atoms with E-state index in [4.69, 9.17) is 5.73 Å². The average Bonchev–Trinajstić information content (AvgIpc) is 2.55. The van der Waals surface area contributed by atoms with Crippen LogP contribution in [0.15, 0.2) is 22.8 Å². The van der Waals surface area contributed by atoms with Crippen LogP contribution in [0.3, 0.4) is 0 Å². The standard InChI is InChI=1S/C9H8BrN3O/c10-6-1-2-8-7(5-14)12-9(3-11)13(8)4-6/h1-2,4-5H,3,11H2. The fourth-order valence-corrected chi connectivity index (χ4v) is 1.71. The van der Waals surface area contributed by atoms with Crippen LogP contribution in [-0.2, 0) is 6.54 Å². The Hall–Kier alpha value is -1.20. The van der Waals surface area contributed by atoms with Gasteiger partial charge in [-0.15, -0.1) is 0 Å². The lowest BCUT2D eigenvalue weighted by atomic mass is 10.3. The molecule has 0 aliphatic heterocycles.